The molecule has 1 unspecified atom stereocenters. The molecule has 1 rings (SSSR count). The number of carbonyl (C=O) groups is 2. The molecule has 1 saturated heterocycles. The van der Waals surface area contributed by atoms with E-state index < -0.39 is 34.4 Å². The van der Waals surface area contributed by atoms with Gasteiger partial charge in [0.2, 0.25) is 0 Å². The Morgan fingerprint density at radius 3 is 2.45 bits per heavy atom. The summed E-state index contributed by atoms with van der Waals surface area (Å²) in [6.45, 7) is 0.505. The van der Waals surface area contributed by atoms with Crippen LogP contribution in [0.25, 0.3) is 0 Å². The number of carbonyl (C=O) groups excluding carboxylic acids is 1. The van der Waals surface area contributed by atoms with Gasteiger partial charge in [-0.1, -0.05) is 0 Å². The molecule has 1 atom stereocenters. The molecule has 0 aromatic carbocycles. The Kier molecular flexibility index (Phi) is 5.75. The maximum atomic E-state index is 12.0. The third kappa shape index (κ3) is 5.33. The second kappa shape index (κ2) is 6.89. The first-order valence-electron chi connectivity index (χ1n) is 6.32. The molecule has 1 aliphatic heterocycles. The largest absolute Gasteiger partial charge is 0.480 e. The van der Waals surface area contributed by atoms with Crippen LogP contribution in [0.1, 0.15) is 6.42 Å². The van der Waals surface area contributed by atoms with Gasteiger partial charge in [-0.3, -0.25) is 4.79 Å². The smallest absolute Gasteiger partial charge is 0.323 e. The summed E-state index contributed by atoms with van der Waals surface area (Å²) in [6, 6.07) is -1.09. The molecule has 8 nitrogen and oxygen atoms in total. The molecule has 0 spiro atoms. The predicted molar refractivity (Wildman–Crippen MR) is 73.4 cm³/mol. The average molecular weight is 307 g/mol. The summed E-state index contributed by atoms with van der Waals surface area (Å²) in [7, 11) is 0.537. The number of rotatable bonds is 6. The number of likely N-dealkylation sites (N-methyl/N-ethyl adjacent to an activating group) is 1. The number of aliphatic carboxylic acids is 1. The lowest BCUT2D eigenvalue weighted by Gasteiger charge is -2.27. The van der Waals surface area contributed by atoms with Gasteiger partial charge < -0.3 is 20.2 Å². The molecule has 2 amide bonds. The van der Waals surface area contributed by atoms with Crippen molar-refractivity contribution in [1.29, 1.82) is 0 Å². The van der Waals surface area contributed by atoms with E-state index in [1.165, 1.54) is 0 Å². The minimum atomic E-state index is -3.17. The Morgan fingerprint density at radius 1 is 1.35 bits per heavy atom. The van der Waals surface area contributed by atoms with Gasteiger partial charge in [-0.15, -0.1) is 0 Å². The van der Waals surface area contributed by atoms with Gasteiger partial charge >= 0.3 is 12.0 Å². The van der Waals surface area contributed by atoms with Gasteiger partial charge in [0.1, 0.15) is 6.54 Å². The molecule has 20 heavy (non-hydrogen) atoms. The zero-order valence-electron chi connectivity index (χ0n) is 11.7. The Balaban J connectivity index is 2.64. The van der Waals surface area contributed by atoms with Gasteiger partial charge in [0, 0.05) is 19.1 Å². The molecule has 0 bridgehead atoms. The highest BCUT2D eigenvalue weighted by Crippen LogP contribution is 2.17. The van der Waals surface area contributed by atoms with E-state index in [0.29, 0.717) is 13.1 Å². The van der Waals surface area contributed by atoms with Crippen LogP contribution in [0.3, 0.4) is 0 Å². The van der Waals surface area contributed by atoms with Gasteiger partial charge in [0.15, 0.2) is 9.84 Å². The molecule has 2 N–H and O–H groups in total. The number of carboxylic acids is 1. The van der Waals surface area contributed by atoms with E-state index in [1.807, 2.05) is 19.0 Å². The lowest BCUT2D eigenvalue weighted by atomic mass is 10.2. The zero-order chi connectivity index (χ0) is 15.3. The molecule has 0 aromatic heterocycles. The quantitative estimate of drug-likeness (QED) is 0.640. The minimum Gasteiger partial charge on any atom is -0.480 e. The highest BCUT2D eigenvalue weighted by Gasteiger charge is 2.35. The van der Waals surface area contributed by atoms with Gasteiger partial charge in [0.25, 0.3) is 0 Å². The van der Waals surface area contributed by atoms with Gasteiger partial charge in [-0.05, 0) is 20.5 Å². The third-order valence-electron chi connectivity index (χ3n) is 3.05. The number of carboxylic acid groups (broad SMARTS) is 1. The van der Waals surface area contributed by atoms with Crippen LogP contribution in [0.5, 0.6) is 0 Å². The van der Waals surface area contributed by atoms with Crippen molar-refractivity contribution in [3.63, 3.8) is 0 Å². The van der Waals surface area contributed by atoms with Gasteiger partial charge in [0.05, 0.1) is 11.5 Å². The minimum absolute atomic E-state index is 0.00123. The fourth-order valence-electron chi connectivity index (χ4n) is 2.02. The number of hydrogen-bond donors (Lipinski definition) is 2. The van der Waals surface area contributed by atoms with E-state index in [2.05, 4.69) is 5.32 Å². The van der Waals surface area contributed by atoms with E-state index in [0.717, 1.165) is 4.90 Å². The molecule has 9 heteroatoms. The average Bonchev–Trinajstić information content (AvgIpc) is 2.65. The van der Waals surface area contributed by atoms with Gasteiger partial charge in [-0.2, -0.15) is 0 Å². The van der Waals surface area contributed by atoms with Crippen molar-refractivity contribution in [2.24, 2.45) is 0 Å². The van der Waals surface area contributed by atoms with Crippen LogP contribution in [0.4, 0.5) is 4.79 Å². The number of nitrogens with one attached hydrogen (secondary N) is 1. The van der Waals surface area contributed by atoms with Crippen molar-refractivity contribution in [3.8, 4) is 0 Å². The monoisotopic (exact) mass is 307 g/mol. The predicted octanol–water partition coefficient (Wildman–Crippen LogP) is -1.17. The molecule has 1 aliphatic rings. The van der Waals surface area contributed by atoms with Crippen LogP contribution in [0.15, 0.2) is 0 Å². The van der Waals surface area contributed by atoms with Crippen molar-refractivity contribution >= 4 is 21.8 Å². The molecule has 1 fully saturated rings. The second-order valence-electron chi connectivity index (χ2n) is 5.11. The van der Waals surface area contributed by atoms with E-state index in [-0.39, 0.29) is 17.9 Å². The summed E-state index contributed by atoms with van der Waals surface area (Å²) in [5, 5.41) is 11.5. The molecule has 0 aromatic rings. The molecule has 1 heterocycles. The van der Waals surface area contributed by atoms with E-state index in [9.17, 15) is 18.0 Å². The number of hydrogen-bond acceptors (Lipinski definition) is 5. The number of nitrogens with zero attached hydrogens (tertiary/aromatic N) is 2. The summed E-state index contributed by atoms with van der Waals surface area (Å²) >= 11 is 0. The number of sulfone groups is 1. The normalized spacial score (nSPS) is 20.9. The maximum absolute atomic E-state index is 12.0. The summed E-state index contributed by atoms with van der Waals surface area (Å²) in [4.78, 5) is 25.8. The van der Waals surface area contributed by atoms with Crippen molar-refractivity contribution in [1.82, 2.24) is 15.1 Å². The molecular weight excluding hydrogens is 286 g/mol. The second-order valence-corrected chi connectivity index (χ2v) is 7.34. The van der Waals surface area contributed by atoms with Gasteiger partial charge in [-0.25, -0.2) is 13.2 Å². The molecule has 116 valence electrons. The molecular formula is C11H21N3O5S. The Labute approximate surface area is 118 Å². The van der Waals surface area contributed by atoms with E-state index >= 15 is 0 Å². The SMILES string of the molecule is CN(C)CCNC(=O)N(CC(=O)O)C1CCS(=O)(=O)C1. The van der Waals surface area contributed by atoms with Crippen molar-refractivity contribution in [3.05, 3.63) is 0 Å². The summed E-state index contributed by atoms with van der Waals surface area (Å²) in [5.74, 6) is -1.32. The molecule has 0 radical (unpaired) electrons. The highest BCUT2D eigenvalue weighted by molar-refractivity contribution is 7.91. The van der Waals surface area contributed by atoms with Crippen molar-refractivity contribution in [2.45, 2.75) is 12.5 Å². The first-order chi connectivity index (χ1) is 9.21. The summed E-state index contributed by atoms with van der Waals surface area (Å²) in [6.07, 6.45) is 0.288. The summed E-state index contributed by atoms with van der Waals surface area (Å²) in [5.41, 5.74) is 0. The lowest BCUT2D eigenvalue weighted by molar-refractivity contribution is -0.138. The third-order valence-corrected chi connectivity index (χ3v) is 4.80. The Hall–Kier alpha value is -1.35. The highest BCUT2D eigenvalue weighted by atomic mass is 32.2. The number of amides is 2. The first kappa shape index (κ1) is 16.7. The van der Waals surface area contributed by atoms with Crippen LogP contribution >= 0.6 is 0 Å². The molecule has 0 saturated carbocycles. The Bertz CT molecular complexity index is 463. The topological polar surface area (TPSA) is 107 Å². The standard InChI is InChI=1S/C11H21N3O5S/c1-13(2)5-4-12-11(17)14(7-10(15)16)9-3-6-20(18,19)8-9/h9H,3-8H2,1-2H3,(H,12,17)(H,15,16). The van der Waals surface area contributed by atoms with Crippen molar-refractivity contribution in [2.75, 3.05) is 45.2 Å². The summed E-state index contributed by atoms with van der Waals surface area (Å²) < 4.78 is 22.9. The first-order valence-corrected chi connectivity index (χ1v) is 8.15. The van der Waals surface area contributed by atoms with Crippen LogP contribution in [0.2, 0.25) is 0 Å². The lowest BCUT2D eigenvalue weighted by Crippen LogP contribution is -2.50. The van der Waals surface area contributed by atoms with Crippen LogP contribution in [0, 0.1) is 0 Å². The fourth-order valence-corrected chi connectivity index (χ4v) is 3.75. The fraction of sp³-hybridized carbons (Fsp3) is 0.818. The van der Waals surface area contributed by atoms with E-state index in [4.69, 9.17) is 5.11 Å². The number of urea groups is 1. The van der Waals surface area contributed by atoms with E-state index in [1.54, 1.807) is 0 Å². The van der Waals surface area contributed by atoms with Crippen LogP contribution in [-0.2, 0) is 14.6 Å². The zero-order valence-corrected chi connectivity index (χ0v) is 12.5. The maximum Gasteiger partial charge on any atom is 0.323 e. The van der Waals surface area contributed by atoms with Crippen LogP contribution in [-0.4, -0.2) is 86.6 Å². The molecule has 0 aliphatic carbocycles. The van der Waals surface area contributed by atoms with Crippen LogP contribution < -0.4 is 5.32 Å². The van der Waals surface area contributed by atoms with Crippen molar-refractivity contribution < 1.29 is 23.1 Å². The Morgan fingerprint density at radius 2 is 2.00 bits per heavy atom.